The molecule has 3 rings (SSSR count). The molecule has 1 aromatic carbocycles. The molecule has 0 saturated heterocycles. The van der Waals surface area contributed by atoms with Crippen LogP contribution in [0.4, 0.5) is 0 Å². The SMILES string of the molecule is Cn1cc[n+](CCCOc2cc(I)c(OCCC[n+]3ccn(C)c3)cc2I)c1. The fourth-order valence-corrected chi connectivity index (χ4v) is 4.05. The maximum atomic E-state index is 5.99. The lowest BCUT2D eigenvalue weighted by atomic mass is 10.3. The molecule has 0 bridgehead atoms. The van der Waals surface area contributed by atoms with Gasteiger partial charge >= 0.3 is 0 Å². The molecule has 150 valence electrons. The number of ether oxygens (including phenoxy) is 2. The molecule has 0 fully saturated rings. The summed E-state index contributed by atoms with van der Waals surface area (Å²) in [4.78, 5) is 0. The second-order valence-electron chi connectivity index (χ2n) is 6.75. The molecule has 0 radical (unpaired) electrons. The minimum atomic E-state index is 0.697. The lowest BCUT2D eigenvalue weighted by Gasteiger charge is -2.12. The summed E-state index contributed by atoms with van der Waals surface area (Å²) in [5.41, 5.74) is 0. The molecular weight excluding hydrogens is 582 g/mol. The highest BCUT2D eigenvalue weighted by molar-refractivity contribution is 14.1. The first kappa shape index (κ1) is 21.4. The maximum Gasteiger partial charge on any atom is 0.243 e. The smallest absolute Gasteiger partial charge is 0.243 e. The van der Waals surface area contributed by atoms with Gasteiger partial charge in [-0.15, -0.1) is 0 Å². The van der Waals surface area contributed by atoms with Crippen molar-refractivity contribution in [2.45, 2.75) is 25.9 Å². The van der Waals surface area contributed by atoms with Crippen molar-refractivity contribution < 1.29 is 18.6 Å². The van der Waals surface area contributed by atoms with Crippen molar-refractivity contribution in [1.82, 2.24) is 9.13 Å². The van der Waals surface area contributed by atoms with E-state index in [-0.39, 0.29) is 0 Å². The van der Waals surface area contributed by atoms with Gasteiger partial charge in [-0.1, -0.05) is 0 Å². The third-order valence-corrected chi connectivity index (χ3v) is 5.96. The second-order valence-corrected chi connectivity index (χ2v) is 9.08. The summed E-state index contributed by atoms with van der Waals surface area (Å²) < 4.78 is 22.6. The van der Waals surface area contributed by atoms with E-state index in [4.69, 9.17) is 9.47 Å². The highest BCUT2D eigenvalue weighted by atomic mass is 127. The third-order valence-electron chi connectivity index (χ3n) is 4.27. The van der Waals surface area contributed by atoms with Crippen LogP contribution < -0.4 is 18.6 Å². The first-order valence-corrected chi connectivity index (χ1v) is 11.4. The number of hydrogen-bond acceptors (Lipinski definition) is 2. The average Bonchev–Trinajstić information content (AvgIpc) is 3.27. The predicted octanol–water partition coefficient (Wildman–Crippen LogP) is 3.09. The van der Waals surface area contributed by atoms with E-state index in [0.29, 0.717) is 13.2 Å². The summed E-state index contributed by atoms with van der Waals surface area (Å²) in [7, 11) is 4.06. The van der Waals surface area contributed by atoms with E-state index < -0.39 is 0 Å². The van der Waals surface area contributed by atoms with E-state index in [9.17, 15) is 0 Å². The van der Waals surface area contributed by atoms with Crippen LogP contribution in [0.3, 0.4) is 0 Å². The number of aromatic nitrogens is 4. The molecule has 0 aliphatic carbocycles. The van der Waals surface area contributed by atoms with Gasteiger partial charge in [0.1, 0.15) is 36.3 Å². The van der Waals surface area contributed by atoms with E-state index >= 15 is 0 Å². The Balaban J connectivity index is 1.43. The monoisotopic (exact) mass is 608 g/mol. The Bertz CT molecular complexity index is 834. The zero-order valence-electron chi connectivity index (χ0n) is 16.2. The van der Waals surface area contributed by atoms with E-state index in [0.717, 1.165) is 44.6 Å². The second kappa shape index (κ2) is 10.5. The molecule has 0 unspecified atom stereocenters. The molecule has 0 amide bonds. The Kier molecular flexibility index (Phi) is 8.00. The average molecular weight is 608 g/mol. The van der Waals surface area contributed by atoms with Crippen molar-refractivity contribution in [2.75, 3.05) is 13.2 Å². The van der Waals surface area contributed by atoms with Gasteiger partial charge in [0, 0.05) is 12.8 Å². The van der Waals surface area contributed by atoms with Crippen LogP contribution in [-0.4, -0.2) is 22.3 Å². The molecule has 8 heteroatoms. The van der Waals surface area contributed by atoms with Crippen molar-refractivity contribution in [3.63, 3.8) is 0 Å². The van der Waals surface area contributed by atoms with Crippen LogP contribution in [-0.2, 0) is 27.2 Å². The minimum Gasteiger partial charge on any atom is -0.492 e. The van der Waals surface area contributed by atoms with Crippen LogP contribution in [0.2, 0.25) is 0 Å². The van der Waals surface area contributed by atoms with E-state index in [1.807, 2.05) is 35.6 Å². The van der Waals surface area contributed by atoms with Gasteiger partial charge in [-0.05, 0) is 57.3 Å². The fourth-order valence-electron chi connectivity index (χ4n) is 2.86. The van der Waals surface area contributed by atoms with Crippen LogP contribution in [0.5, 0.6) is 11.5 Å². The van der Waals surface area contributed by atoms with E-state index in [1.54, 1.807) is 0 Å². The molecular formula is C20H26I2N4O2+2. The largest absolute Gasteiger partial charge is 0.492 e. The molecule has 2 heterocycles. The van der Waals surface area contributed by atoms with Crippen LogP contribution in [0.25, 0.3) is 0 Å². The van der Waals surface area contributed by atoms with Gasteiger partial charge in [0.25, 0.3) is 0 Å². The minimum absolute atomic E-state index is 0.697. The van der Waals surface area contributed by atoms with E-state index in [2.05, 4.69) is 91.5 Å². The zero-order chi connectivity index (χ0) is 19.9. The van der Waals surface area contributed by atoms with Crippen molar-refractivity contribution in [2.24, 2.45) is 14.1 Å². The van der Waals surface area contributed by atoms with Crippen LogP contribution in [0.1, 0.15) is 12.8 Å². The Morgan fingerprint density at radius 1 is 0.786 bits per heavy atom. The summed E-state index contributed by atoms with van der Waals surface area (Å²) in [5, 5.41) is 0. The normalized spacial score (nSPS) is 11.0. The standard InChI is InChI=1S/C20H26I2N4O2/c1-23-7-9-25(15-23)5-3-11-27-19-13-18(22)20(14-17(19)21)28-12-4-6-26-10-8-24(2)16-26/h7-10,13-16H,3-6,11-12H2,1-2H3/q+2. The maximum absolute atomic E-state index is 5.99. The molecule has 28 heavy (non-hydrogen) atoms. The lowest BCUT2D eigenvalue weighted by Crippen LogP contribution is -2.31. The first-order valence-electron chi connectivity index (χ1n) is 9.28. The molecule has 6 nitrogen and oxygen atoms in total. The van der Waals surface area contributed by atoms with Crippen molar-refractivity contribution in [3.05, 3.63) is 56.7 Å². The Morgan fingerprint density at radius 2 is 1.21 bits per heavy atom. The highest BCUT2D eigenvalue weighted by Gasteiger charge is 2.10. The van der Waals surface area contributed by atoms with Crippen LogP contribution in [0, 0.1) is 7.14 Å². The summed E-state index contributed by atoms with van der Waals surface area (Å²) in [6.45, 7) is 3.30. The number of aryl methyl sites for hydroxylation is 4. The first-order chi connectivity index (χ1) is 13.5. The summed E-state index contributed by atoms with van der Waals surface area (Å²) in [6.07, 6.45) is 14.3. The lowest BCUT2D eigenvalue weighted by molar-refractivity contribution is -0.697. The van der Waals surface area contributed by atoms with Crippen LogP contribution >= 0.6 is 45.2 Å². The Labute approximate surface area is 193 Å². The molecule has 0 aliphatic rings. The predicted molar refractivity (Wildman–Crippen MR) is 123 cm³/mol. The molecule has 0 saturated carbocycles. The molecule has 0 aliphatic heterocycles. The fraction of sp³-hybridized carbons (Fsp3) is 0.400. The number of imidazole rings is 2. The number of benzene rings is 1. The molecule has 3 aromatic rings. The van der Waals surface area contributed by atoms with Gasteiger partial charge in [-0.25, -0.2) is 18.3 Å². The number of halogens is 2. The van der Waals surface area contributed by atoms with Gasteiger partial charge in [0.15, 0.2) is 0 Å². The van der Waals surface area contributed by atoms with Crippen molar-refractivity contribution in [1.29, 1.82) is 0 Å². The van der Waals surface area contributed by atoms with Gasteiger partial charge in [0.05, 0.1) is 47.5 Å². The van der Waals surface area contributed by atoms with Gasteiger partial charge in [-0.2, -0.15) is 0 Å². The van der Waals surface area contributed by atoms with E-state index in [1.165, 1.54) is 0 Å². The quantitative estimate of drug-likeness (QED) is 0.202. The molecule has 0 spiro atoms. The number of hydrogen-bond donors (Lipinski definition) is 0. The zero-order valence-corrected chi connectivity index (χ0v) is 20.5. The molecule has 2 aromatic heterocycles. The molecule has 0 N–H and O–H groups in total. The Morgan fingerprint density at radius 3 is 1.57 bits per heavy atom. The van der Waals surface area contributed by atoms with Gasteiger partial charge < -0.3 is 9.47 Å². The van der Waals surface area contributed by atoms with Crippen LogP contribution in [0.15, 0.2) is 49.6 Å². The van der Waals surface area contributed by atoms with Crippen molar-refractivity contribution >= 4 is 45.2 Å². The number of rotatable bonds is 10. The summed E-state index contributed by atoms with van der Waals surface area (Å²) in [6, 6.07) is 4.14. The van der Waals surface area contributed by atoms with Crippen molar-refractivity contribution in [3.8, 4) is 11.5 Å². The van der Waals surface area contributed by atoms with Gasteiger partial charge in [0.2, 0.25) is 12.7 Å². The highest BCUT2D eigenvalue weighted by Crippen LogP contribution is 2.31. The Hall–Kier alpha value is -1.30. The topological polar surface area (TPSA) is 36.1 Å². The van der Waals surface area contributed by atoms with Gasteiger partial charge in [-0.3, -0.25) is 0 Å². The summed E-state index contributed by atoms with van der Waals surface area (Å²) in [5.74, 6) is 1.85. The summed E-state index contributed by atoms with van der Waals surface area (Å²) >= 11 is 4.64. The molecule has 0 atom stereocenters. The third kappa shape index (κ3) is 6.36. The number of nitrogens with zero attached hydrogens (tertiary/aromatic N) is 4.